The van der Waals surface area contributed by atoms with Gasteiger partial charge in [-0.1, -0.05) is 19.1 Å². The molecule has 3 N–H and O–H groups in total. The van der Waals surface area contributed by atoms with E-state index >= 15 is 0 Å². The molecule has 1 saturated heterocycles. The molecule has 8 heteroatoms. The maximum Gasteiger partial charge on any atom is 0.217 e. The van der Waals surface area contributed by atoms with Gasteiger partial charge in [0.2, 0.25) is 5.91 Å². The van der Waals surface area contributed by atoms with Crippen LogP contribution in [-0.2, 0) is 4.79 Å². The van der Waals surface area contributed by atoms with E-state index in [1.54, 1.807) is 18.2 Å². The Kier molecular flexibility index (Phi) is 11.2. The summed E-state index contributed by atoms with van der Waals surface area (Å²) in [5.74, 6) is 0.702. The lowest BCUT2D eigenvalue weighted by Gasteiger charge is -2.34. The van der Waals surface area contributed by atoms with Gasteiger partial charge in [-0.3, -0.25) is 4.79 Å². The van der Waals surface area contributed by atoms with E-state index in [1.807, 2.05) is 13.8 Å². The second-order valence-electron chi connectivity index (χ2n) is 6.90. The highest BCUT2D eigenvalue weighted by Crippen LogP contribution is 2.20. The second kappa shape index (κ2) is 12.8. The van der Waals surface area contributed by atoms with Gasteiger partial charge in [-0.15, -0.1) is 24.0 Å². The number of nitrogens with zero attached hydrogens (tertiary/aromatic N) is 2. The third kappa shape index (κ3) is 7.81. The number of likely N-dealkylation sites (tertiary alicyclic amines) is 1. The lowest BCUT2D eigenvalue weighted by Crippen LogP contribution is -2.47. The van der Waals surface area contributed by atoms with Crippen LogP contribution in [0.3, 0.4) is 0 Å². The molecule has 0 radical (unpaired) electrons. The molecule has 0 aromatic heterocycles. The van der Waals surface area contributed by atoms with E-state index in [-0.39, 0.29) is 53.5 Å². The highest BCUT2D eigenvalue weighted by atomic mass is 127. The lowest BCUT2D eigenvalue weighted by atomic mass is 9.95. The topological polar surface area (TPSA) is 80.0 Å². The van der Waals surface area contributed by atoms with Crippen LogP contribution in [0.1, 0.15) is 39.5 Å². The number of halogens is 2. The molecular weight excluding hydrogens is 474 g/mol. The molecule has 1 fully saturated rings. The molecule has 1 aromatic rings. The molecule has 1 aromatic carbocycles. The van der Waals surface area contributed by atoms with E-state index in [1.165, 1.54) is 6.07 Å². The number of para-hydroxylation sites is 1. The number of ether oxygens (including phenoxy) is 1. The van der Waals surface area contributed by atoms with Gasteiger partial charge in [0.1, 0.15) is 6.10 Å². The highest BCUT2D eigenvalue weighted by molar-refractivity contribution is 14.0. The van der Waals surface area contributed by atoms with Gasteiger partial charge >= 0.3 is 0 Å². The number of nitrogens with one attached hydrogen (secondary N) is 1. The van der Waals surface area contributed by atoms with Crippen molar-refractivity contribution in [2.75, 3.05) is 26.2 Å². The average molecular weight is 506 g/mol. The SMILES string of the molecule is CCNC(=NCC(CC)Oc1ccccc1F)N1CCCC(CC(N)=O)C1.I. The molecule has 1 aliphatic heterocycles. The summed E-state index contributed by atoms with van der Waals surface area (Å²) in [5, 5.41) is 3.31. The summed E-state index contributed by atoms with van der Waals surface area (Å²) < 4.78 is 19.6. The summed E-state index contributed by atoms with van der Waals surface area (Å²) in [6, 6.07) is 6.42. The molecule has 2 unspecified atom stereocenters. The zero-order chi connectivity index (χ0) is 19.6. The van der Waals surface area contributed by atoms with Crippen molar-refractivity contribution in [3.8, 4) is 5.75 Å². The number of primary amides is 1. The molecule has 6 nitrogen and oxygen atoms in total. The Morgan fingerprint density at radius 1 is 1.43 bits per heavy atom. The second-order valence-corrected chi connectivity index (χ2v) is 6.90. The molecule has 1 aliphatic rings. The standard InChI is InChI=1S/C20H31FN4O2.HI/c1-3-16(27-18-10-6-5-9-17(18)21)13-24-20(23-4-2)25-11-7-8-15(14-25)12-19(22)26;/h5-6,9-10,15-16H,3-4,7-8,11-14H2,1-2H3,(H2,22,26)(H,23,24);1H. The van der Waals surface area contributed by atoms with Gasteiger partial charge in [0.05, 0.1) is 6.54 Å². The first-order chi connectivity index (χ1) is 13.0. The van der Waals surface area contributed by atoms with Crippen LogP contribution in [0.4, 0.5) is 4.39 Å². The van der Waals surface area contributed by atoms with Gasteiger partial charge < -0.3 is 20.7 Å². The fraction of sp³-hybridized carbons (Fsp3) is 0.600. The monoisotopic (exact) mass is 506 g/mol. The number of hydrogen-bond acceptors (Lipinski definition) is 3. The van der Waals surface area contributed by atoms with Crippen LogP contribution in [-0.4, -0.2) is 49.0 Å². The minimum atomic E-state index is -0.364. The molecule has 158 valence electrons. The summed E-state index contributed by atoms with van der Waals surface area (Å²) in [7, 11) is 0. The Morgan fingerprint density at radius 2 is 2.18 bits per heavy atom. The first-order valence-corrected chi connectivity index (χ1v) is 9.76. The van der Waals surface area contributed by atoms with Crippen molar-refractivity contribution in [2.24, 2.45) is 16.6 Å². The van der Waals surface area contributed by atoms with Crippen molar-refractivity contribution in [2.45, 2.75) is 45.6 Å². The summed E-state index contributed by atoms with van der Waals surface area (Å²) in [4.78, 5) is 18.1. The lowest BCUT2D eigenvalue weighted by molar-refractivity contribution is -0.119. The van der Waals surface area contributed by atoms with Crippen LogP contribution in [0.25, 0.3) is 0 Å². The Bertz CT molecular complexity index is 644. The molecule has 0 bridgehead atoms. The van der Waals surface area contributed by atoms with Crippen molar-refractivity contribution in [1.29, 1.82) is 0 Å². The largest absolute Gasteiger partial charge is 0.485 e. The minimum absolute atomic E-state index is 0. The van der Waals surface area contributed by atoms with E-state index in [0.717, 1.165) is 44.9 Å². The fourth-order valence-corrected chi connectivity index (χ4v) is 3.29. The van der Waals surface area contributed by atoms with E-state index < -0.39 is 0 Å². The Labute approximate surface area is 184 Å². The van der Waals surface area contributed by atoms with E-state index in [9.17, 15) is 9.18 Å². The molecule has 0 saturated carbocycles. The molecule has 2 rings (SSSR count). The molecule has 0 spiro atoms. The quantitative estimate of drug-likeness (QED) is 0.323. The van der Waals surface area contributed by atoms with Crippen molar-refractivity contribution < 1.29 is 13.9 Å². The fourth-order valence-electron chi connectivity index (χ4n) is 3.29. The van der Waals surface area contributed by atoms with Crippen LogP contribution in [0.15, 0.2) is 29.3 Å². The number of benzene rings is 1. The predicted molar refractivity (Wildman–Crippen MR) is 121 cm³/mol. The van der Waals surface area contributed by atoms with Gasteiger partial charge in [0.15, 0.2) is 17.5 Å². The number of hydrogen-bond donors (Lipinski definition) is 2. The number of aliphatic imine (C=N–C) groups is 1. The molecule has 0 aliphatic carbocycles. The molecule has 2 atom stereocenters. The van der Waals surface area contributed by atoms with Crippen LogP contribution < -0.4 is 15.8 Å². The predicted octanol–water partition coefficient (Wildman–Crippen LogP) is 3.15. The zero-order valence-corrected chi connectivity index (χ0v) is 19.0. The summed E-state index contributed by atoms with van der Waals surface area (Å²) in [6.07, 6.45) is 2.94. The Morgan fingerprint density at radius 3 is 2.82 bits per heavy atom. The Balaban J connectivity index is 0.00000392. The third-order valence-corrected chi connectivity index (χ3v) is 4.67. The third-order valence-electron chi connectivity index (χ3n) is 4.67. The number of piperidine rings is 1. The molecule has 28 heavy (non-hydrogen) atoms. The smallest absolute Gasteiger partial charge is 0.217 e. The van der Waals surface area contributed by atoms with E-state index in [0.29, 0.717) is 13.0 Å². The first-order valence-electron chi connectivity index (χ1n) is 9.76. The van der Waals surface area contributed by atoms with Gasteiger partial charge in [-0.25, -0.2) is 9.38 Å². The summed E-state index contributed by atoms with van der Waals surface area (Å²) in [6.45, 7) is 6.86. The first kappa shape index (κ1) is 24.5. The van der Waals surface area contributed by atoms with E-state index in [4.69, 9.17) is 15.5 Å². The molecular formula is C20H32FIN4O2. The van der Waals surface area contributed by atoms with Gasteiger partial charge in [0.25, 0.3) is 0 Å². The van der Waals surface area contributed by atoms with Crippen LogP contribution in [0.5, 0.6) is 5.75 Å². The zero-order valence-electron chi connectivity index (χ0n) is 16.7. The van der Waals surface area contributed by atoms with Gasteiger partial charge in [0, 0.05) is 26.1 Å². The van der Waals surface area contributed by atoms with Gasteiger partial charge in [-0.2, -0.15) is 0 Å². The van der Waals surface area contributed by atoms with E-state index in [2.05, 4.69) is 10.2 Å². The molecule has 1 heterocycles. The summed E-state index contributed by atoms with van der Waals surface area (Å²) in [5.41, 5.74) is 5.35. The maximum absolute atomic E-state index is 13.8. The van der Waals surface area contributed by atoms with Crippen LogP contribution in [0, 0.1) is 11.7 Å². The molecule has 1 amide bonds. The summed E-state index contributed by atoms with van der Waals surface area (Å²) >= 11 is 0. The van der Waals surface area contributed by atoms with Crippen LogP contribution >= 0.6 is 24.0 Å². The van der Waals surface area contributed by atoms with Crippen molar-refractivity contribution in [1.82, 2.24) is 10.2 Å². The average Bonchev–Trinajstić information content (AvgIpc) is 2.65. The van der Waals surface area contributed by atoms with Gasteiger partial charge in [-0.05, 0) is 44.2 Å². The number of nitrogens with two attached hydrogens (primary N) is 1. The highest BCUT2D eigenvalue weighted by Gasteiger charge is 2.24. The number of guanidine groups is 1. The van der Waals surface area contributed by atoms with Crippen LogP contribution in [0.2, 0.25) is 0 Å². The number of rotatable bonds is 8. The van der Waals surface area contributed by atoms with Crippen molar-refractivity contribution in [3.63, 3.8) is 0 Å². The maximum atomic E-state index is 13.8. The number of amides is 1. The number of carbonyl (C=O) groups is 1. The normalized spacial score (nSPS) is 18.2. The van der Waals surface area contributed by atoms with Crippen molar-refractivity contribution in [3.05, 3.63) is 30.1 Å². The minimum Gasteiger partial charge on any atom is -0.485 e. The van der Waals surface area contributed by atoms with Crippen molar-refractivity contribution >= 4 is 35.8 Å². The number of carbonyl (C=O) groups excluding carboxylic acids is 1. The Hall–Kier alpha value is -1.58.